The molecule has 6 heteroatoms. The zero-order valence-corrected chi connectivity index (χ0v) is 14.2. The van der Waals surface area contributed by atoms with Gasteiger partial charge >= 0.3 is 5.97 Å². The summed E-state index contributed by atoms with van der Waals surface area (Å²) in [6.45, 7) is 7.35. The Labute approximate surface area is 136 Å². The van der Waals surface area contributed by atoms with E-state index >= 15 is 0 Å². The Morgan fingerprint density at radius 2 is 1.96 bits per heavy atom. The van der Waals surface area contributed by atoms with Crippen LogP contribution < -0.4 is 10.9 Å². The molecule has 0 bridgehead atoms. The first-order valence-corrected chi connectivity index (χ1v) is 8.04. The molecule has 1 rings (SSSR count). The van der Waals surface area contributed by atoms with Crippen LogP contribution in [0, 0.1) is 12.8 Å². The number of aryl methyl sites for hydroxylation is 1. The van der Waals surface area contributed by atoms with Crippen LogP contribution in [-0.4, -0.2) is 27.6 Å². The lowest BCUT2D eigenvalue weighted by Gasteiger charge is -2.25. The van der Waals surface area contributed by atoms with Crippen LogP contribution in [0.5, 0.6) is 0 Å². The summed E-state index contributed by atoms with van der Waals surface area (Å²) in [5.74, 6) is -1.66. The van der Waals surface area contributed by atoms with Gasteiger partial charge in [0.15, 0.2) is 0 Å². The number of carboxylic acids is 1. The van der Waals surface area contributed by atoms with Crippen LogP contribution in [0.15, 0.2) is 23.0 Å². The molecule has 1 aromatic rings. The van der Waals surface area contributed by atoms with Crippen LogP contribution in [0.1, 0.15) is 51.8 Å². The van der Waals surface area contributed by atoms with Gasteiger partial charge in [-0.1, -0.05) is 39.7 Å². The highest BCUT2D eigenvalue weighted by atomic mass is 16.4. The normalized spacial score (nSPS) is 14.8. The molecule has 0 aliphatic heterocycles. The third kappa shape index (κ3) is 4.68. The largest absolute Gasteiger partial charge is 0.480 e. The van der Waals surface area contributed by atoms with Crippen molar-refractivity contribution in [3.05, 3.63) is 34.2 Å². The van der Waals surface area contributed by atoms with E-state index < -0.39 is 24.0 Å². The van der Waals surface area contributed by atoms with E-state index in [4.69, 9.17) is 0 Å². The predicted octanol–water partition coefficient (Wildman–Crippen LogP) is 2.11. The van der Waals surface area contributed by atoms with Crippen molar-refractivity contribution in [2.45, 2.75) is 59.0 Å². The summed E-state index contributed by atoms with van der Waals surface area (Å²) in [7, 11) is 0. The minimum atomic E-state index is -1.06. The topological polar surface area (TPSA) is 88.4 Å². The average molecular weight is 322 g/mol. The molecule has 2 N–H and O–H groups in total. The van der Waals surface area contributed by atoms with Crippen molar-refractivity contribution >= 4 is 11.9 Å². The molecular formula is C17H26N2O4. The van der Waals surface area contributed by atoms with Gasteiger partial charge in [-0.05, 0) is 25.3 Å². The smallest absolute Gasteiger partial charge is 0.326 e. The van der Waals surface area contributed by atoms with E-state index in [0.717, 1.165) is 0 Å². The Hall–Kier alpha value is -2.11. The van der Waals surface area contributed by atoms with E-state index in [1.54, 1.807) is 26.0 Å². The number of hydrogen-bond acceptors (Lipinski definition) is 3. The van der Waals surface area contributed by atoms with Crippen LogP contribution in [0.4, 0.5) is 0 Å². The Bertz CT molecular complexity index is 609. The molecule has 1 heterocycles. The summed E-state index contributed by atoms with van der Waals surface area (Å²) >= 11 is 0. The summed E-state index contributed by atoms with van der Waals surface area (Å²) in [6, 6.07) is 3.17. The number of nitrogens with zero attached hydrogens (tertiary/aromatic N) is 1. The highest BCUT2D eigenvalue weighted by Gasteiger charge is 2.29. The van der Waals surface area contributed by atoms with Gasteiger partial charge in [0.1, 0.15) is 12.1 Å². The number of aliphatic carboxylic acids is 1. The van der Waals surface area contributed by atoms with E-state index in [0.29, 0.717) is 25.0 Å². The van der Waals surface area contributed by atoms with Crippen LogP contribution in [0.25, 0.3) is 0 Å². The van der Waals surface area contributed by atoms with Gasteiger partial charge in [0.2, 0.25) is 5.91 Å². The minimum absolute atomic E-state index is 0.188. The summed E-state index contributed by atoms with van der Waals surface area (Å²) in [5.41, 5.74) is 0.426. The second-order valence-electron chi connectivity index (χ2n) is 5.89. The molecule has 6 nitrogen and oxygen atoms in total. The molecule has 0 aliphatic rings. The van der Waals surface area contributed by atoms with E-state index in [1.165, 1.54) is 10.6 Å². The Morgan fingerprint density at radius 1 is 1.30 bits per heavy atom. The Morgan fingerprint density at radius 3 is 2.43 bits per heavy atom. The van der Waals surface area contributed by atoms with Crippen molar-refractivity contribution in [2.24, 2.45) is 5.92 Å². The van der Waals surface area contributed by atoms with Crippen molar-refractivity contribution < 1.29 is 14.7 Å². The Kier molecular flexibility index (Phi) is 7.00. The zero-order valence-electron chi connectivity index (χ0n) is 14.2. The van der Waals surface area contributed by atoms with Gasteiger partial charge in [-0.15, -0.1) is 0 Å². The van der Waals surface area contributed by atoms with Crippen LogP contribution in [0.2, 0.25) is 0 Å². The van der Waals surface area contributed by atoms with Gasteiger partial charge in [-0.3, -0.25) is 9.59 Å². The predicted molar refractivity (Wildman–Crippen MR) is 88.4 cm³/mol. The maximum Gasteiger partial charge on any atom is 0.326 e. The molecule has 3 atom stereocenters. The van der Waals surface area contributed by atoms with Crippen molar-refractivity contribution in [1.29, 1.82) is 0 Å². The third-order valence-electron chi connectivity index (χ3n) is 4.15. The van der Waals surface area contributed by atoms with Gasteiger partial charge < -0.3 is 15.0 Å². The maximum atomic E-state index is 12.6. The molecule has 0 saturated heterocycles. The number of rotatable bonds is 8. The Balaban J connectivity index is 3.12. The second kappa shape index (κ2) is 8.50. The number of amides is 1. The van der Waals surface area contributed by atoms with Gasteiger partial charge in [0, 0.05) is 11.8 Å². The maximum absolute atomic E-state index is 12.6. The number of carbonyl (C=O) groups is 2. The van der Waals surface area contributed by atoms with E-state index in [9.17, 15) is 19.5 Å². The standard InChI is InChI=1S/C17H26N2O4/c1-5-8-13(19-12(4)9-7-10-14(19)20)16(21)18-15(17(22)23)11(3)6-2/h7,9-11,13,15H,5-6,8H2,1-4H3,(H,18,21)(H,22,23). The summed E-state index contributed by atoms with van der Waals surface area (Å²) in [6.07, 6.45) is 1.82. The SMILES string of the molecule is CCCC(C(=O)NC(C(=O)O)C(C)CC)n1c(C)cccc1=O. The van der Waals surface area contributed by atoms with Gasteiger partial charge in [-0.25, -0.2) is 4.79 Å². The number of pyridine rings is 1. The highest BCUT2D eigenvalue weighted by molar-refractivity contribution is 5.86. The van der Waals surface area contributed by atoms with Gasteiger partial charge in [-0.2, -0.15) is 0 Å². The lowest BCUT2D eigenvalue weighted by Crippen LogP contribution is -2.48. The molecule has 1 aromatic heterocycles. The molecule has 0 fully saturated rings. The first-order valence-electron chi connectivity index (χ1n) is 8.04. The van der Waals surface area contributed by atoms with Crippen LogP contribution in [0.3, 0.4) is 0 Å². The van der Waals surface area contributed by atoms with Crippen molar-refractivity contribution in [1.82, 2.24) is 9.88 Å². The summed E-state index contributed by atoms with van der Waals surface area (Å²) in [5, 5.41) is 11.9. The zero-order chi connectivity index (χ0) is 17.6. The number of aromatic nitrogens is 1. The molecule has 0 radical (unpaired) electrons. The second-order valence-corrected chi connectivity index (χ2v) is 5.89. The monoisotopic (exact) mass is 322 g/mol. The average Bonchev–Trinajstić information content (AvgIpc) is 2.50. The number of nitrogens with one attached hydrogen (secondary N) is 1. The highest BCUT2D eigenvalue weighted by Crippen LogP contribution is 2.16. The summed E-state index contributed by atoms with van der Waals surface area (Å²) in [4.78, 5) is 36.2. The first-order chi connectivity index (χ1) is 10.8. The molecule has 0 spiro atoms. The number of carboxylic acid groups (broad SMARTS) is 1. The van der Waals surface area contributed by atoms with E-state index in [1.807, 2.05) is 13.8 Å². The number of hydrogen-bond donors (Lipinski definition) is 2. The molecule has 0 aromatic carbocycles. The number of carbonyl (C=O) groups excluding carboxylic acids is 1. The third-order valence-corrected chi connectivity index (χ3v) is 4.15. The molecular weight excluding hydrogens is 296 g/mol. The van der Waals surface area contributed by atoms with Crippen molar-refractivity contribution in [2.75, 3.05) is 0 Å². The van der Waals surface area contributed by atoms with E-state index in [-0.39, 0.29) is 11.5 Å². The molecule has 1 amide bonds. The van der Waals surface area contributed by atoms with Crippen LogP contribution >= 0.6 is 0 Å². The molecule has 23 heavy (non-hydrogen) atoms. The molecule has 3 unspecified atom stereocenters. The summed E-state index contributed by atoms with van der Waals surface area (Å²) < 4.78 is 1.44. The lowest BCUT2D eigenvalue weighted by atomic mass is 9.98. The first kappa shape index (κ1) is 18.9. The minimum Gasteiger partial charge on any atom is -0.480 e. The quantitative estimate of drug-likeness (QED) is 0.767. The molecule has 0 saturated carbocycles. The van der Waals surface area contributed by atoms with Crippen molar-refractivity contribution in [3.8, 4) is 0 Å². The fourth-order valence-electron chi connectivity index (χ4n) is 2.59. The fraction of sp³-hybridized carbons (Fsp3) is 0.588. The lowest BCUT2D eigenvalue weighted by molar-refractivity contribution is -0.144. The molecule has 0 aliphatic carbocycles. The van der Waals surface area contributed by atoms with Gasteiger partial charge in [0.25, 0.3) is 5.56 Å². The fourth-order valence-corrected chi connectivity index (χ4v) is 2.59. The van der Waals surface area contributed by atoms with Crippen molar-refractivity contribution in [3.63, 3.8) is 0 Å². The van der Waals surface area contributed by atoms with E-state index in [2.05, 4.69) is 5.32 Å². The van der Waals surface area contributed by atoms with Gasteiger partial charge in [0.05, 0.1) is 0 Å². The van der Waals surface area contributed by atoms with Crippen LogP contribution in [-0.2, 0) is 9.59 Å². The molecule has 128 valence electrons.